The third-order valence-corrected chi connectivity index (χ3v) is 4.31. The number of halogens is 2. The Morgan fingerprint density at radius 2 is 2.07 bits per heavy atom. The first-order chi connectivity index (χ1) is 6.51. The van der Waals surface area contributed by atoms with E-state index in [-0.39, 0.29) is 6.42 Å². The Bertz CT molecular complexity index is 305. The summed E-state index contributed by atoms with van der Waals surface area (Å²) in [4.78, 5) is 0. The largest absolute Gasteiger partial charge is 0.254 e. The van der Waals surface area contributed by atoms with Gasteiger partial charge in [0.25, 0.3) is 5.92 Å². The number of alkyl halides is 2. The first-order valence-corrected chi connectivity index (χ1v) is 5.56. The highest BCUT2D eigenvalue weighted by molar-refractivity contribution is 5.19. The first-order valence-electron chi connectivity index (χ1n) is 5.56. The van der Waals surface area contributed by atoms with Crippen molar-refractivity contribution in [1.82, 2.24) is 0 Å². The predicted octanol–water partition coefficient (Wildman–Crippen LogP) is 3.78. The monoisotopic (exact) mass is 198 g/mol. The highest BCUT2D eigenvalue weighted by atomic mass is 19.3. The van der Waals surface area contributed by atoms with E-state index in [1.165, 1.54) is 5.57 Å². The SMILES string of the molecule is CC1=CC2CC(C1)CC1(C2)CC1(F)F. The Kier molecular flexibility index (Phi) is 1.52. The van der Waals surface area contributed by atoms with Crippen molar-refractivity contribution < 1.29 is 8.78 Å². The van der Waals surface area contributed by atoms with Gasteiger partial charge in [0, 0.05) is 11.8 Å². The van der Waals surface area contributed by atoms with Crippen molar-refractivity contribution in [3.63, 3.8) is 0 Å². The molecule has 3 unspecified atom stereocenters. The van der Waals surface area contributed by atoms with Crippen molar-refractivity contribution in [2.75, 3.05) is 0 Å². The molecule has 14 heavy (non-hydrogen) atoms. The number of allylic oxidation sites excluding steroid dienone is 2. The summed E-state index contributed by atoms with van der Waals surface area (Å²) in [7, 11) is 0. The van der Waals surface area contributed by atoms with Crippen LogP contribution in [-0.2, 0) is 0 Å². The Labute approximate surface area is 83.4 Å². The molecule has 0 amide bonds. The van der Waals surface area contributed by atoms with Crippen molar-refractivity contribution in [3.8, 4) is 0 Å². The minimum Gasteiger partial charge on any atom is -0.206 e. The molecule has 0 aromatic heterocycles. The first kappa shape index (κ1) is 8.87. The third kappa shape index (κ3) is 1.09. The van der Waals surface area contributed by atoms with Crippen LogP contribution >= 0.6 is 0 Å². The smallest absolute Gasteiger partial charge is 0.206 e. The maximum atomic E-state index is 13.3. The summed E-state index contributed by atoms with van der Waals surface area (Å²) in [6.07, 6.45) is 6.16. The summed E-state index contributed by atoms with van der Waals surface area (Å²) in [5, 5.41) is 0. The van der Waals surface area contributed by atoms with Gasteiger partial charge in [0.15, 0.2) is 0 Å². The normalized spacial score (nSPS) is 48.9. The van der Waals surface area contributed by atoms with Crippen LogP contribution in [0.15, 0.2) is 11.6 Å². The number of hydrogen-bond acceptors (Lipinski definition) is 0. The summed E-state index contributed by atoms with van der Waals surface area (Å²) >= 11 is 0. The number of fused-ring (bicyclic) bond motifs is 2. The van der Waals surface area contributed by atoms with E-state index < -0.39 is 11.3 Å². The fourth-order valence-electron chi connectivity index (χ4n) is 3.76. The van der Waals surface area contributed by atoms with Gasteiger partial charge in [0.2, 0.25) is 0 Å². The molecule has 0 saturated heterocycles. The molecule has 0 N–H and O–H groups in total. The Morgan fingerprint density at radius 3 is 2.64 bits per heavy atom. The fraction of sp³-hybridized carbons (Fsp3) is 0.833. The van der Waals surface area contributed by atoms with Gasteiger partial charge in [-0.3, -0.25) is 0 Å². The van der Waals surface area contributed by atoms with Crippen LogP contribution in [0.2, 0.25) is 0 Å². The summed E-state index contributed by atoms with van der Waals surface area (Å²) < 4.78 is 26.5. The van der Waals surface area contributed by atoms with Crippen LogP contribution in [0.4, 0.5) is 8.78 Å². The lowest BCUT2D eigenvalue weighted by atomic mass is 9.67. The van der Waals surface area contributed by atoms with Gasteiger partial charge in [-0.25, -0.2) is 8.78 Å². The minimum atomic E-state index is -2.33. The lowest BCUT2D eigenvalue weighted by molar-refractivity contribution is 0.0257. The van der Waals surface area contributed by atoms with E-state index in [0.29, 0.717) is 11.8 Å². The van der Waals surface area contributed by atoms with Gasteiger partial charge in [0.05, 0.1) is 0 Å². The topological polar surface area (TPSA) is 0 Å². The van der Waals surface area contributed by atoms with Crippen LogP contribution < -0.4 is 0 Å². The average molecular weight is 198 g/mol. The van der Waals surface area contributed by atoms with Gasteiger partial charge in [-0.15, -0.1) is 0 Å². The lowest BCUT2D eigenvalue weighted by Gasteiger charge is -2.38. The van der Waals surface area contributed by atoms with Crippen LogP contribution in [0, 0.1) is 17.3 Å². The van der Waals surface area contributed by atoms with Crippen LogP contribution in [0.25, 0.3) is 0 Å². The van der Waals surface area contributed by atoms with Crippen molar-refractivity contribution in [2.24, 2.45) is 17.3 Å². The fourth-order valence-corrected chi connectivity index (χ4v) is 3.76. The second-order valence-corrected chi connectivity index (χ2v) is 5.65. The van der Waals surface area contributed by atoms with Crippen molar-refractivity contribution in [1.29, 1.82) is 0 Å². The molecular weight excluding hydrogens is 182 g/mol. The van der Waals surface area contributed by atoms with Gasteiger partial charge < -0.3 is 0 Å². The quantitative estimate of drug-likeness (QED) is 0.520. The van der Waals surface area contributed by atoms with Gasteiger partial charge in [-0.1, -0.05) is 11.6 Å². The van der Waals surface area contributed by atoms with E-state index in [4.69, 9.17) is 0 Å². The number of hydrogen-bond donors (Lipinski definition) is 0. The summed E-state index contributed by atoms with van der Waals surface area (Å²) in [5.74, 6) is -1.33. The molecule has 2 heteroatoms. The molecule has 2 fully saturated rings. The molecular formula is C12H16F2. The standard InChI is InChI=1S/C12H16F2/c1-8-2-9-4-10(3-8)6-11(5-9)7-12(11,13)14/h2,9-10H,3-7H2,1H3. The summed E-state index contributed by atoms with van der Waals surface area (Å²) in [6.45, 7) is 2.14. The minimum absolute atomic E-state index is 0.167. The predicted molar refractivity (Wildman–Crippen MR) is 51.2 cm³/mol. The molecule has 3 atom stereocenters. The zero-order valence-electron chi connectivity index (χ0n) is 8.52. The van der Waals surface area contributed by atoms with Crippen molar-refractivity contribution in [3.05, 3.63) is 11.6 Å². The van der Waals surface area contributed by atoms with E-state index in [9.17, 15) is 8.78 Å². The van der Waals surface area contributed by atoms with E-state index in [1.54, 1.807) is 0 Å². The lowest BCUT2D eigenvalue weighted by Crippen LogP contribution is -2.29. The molecule has 78 valence electrons. The molecule has 0 radical (unpaired) electrons. The van der Waals surface area contributed by atoms with Crippen LogP contribution in [0.1, 0.15) is 39.0 Å². The second-order valence-electron chi connectivity index (χ2n) is 5.65. The third-order valence-electron chi connectivity index (χ3n) is 4.31. The van der Waals surface area contributed by atoms with Crippen molar-refractivity contribution in [2.45, 2.75) is 45.0 Å². The molecule has 3 aliphatic rings. The average Bonchev–Trinajstić information content (AvgIpc) is 2.47. The van der Waals surface area contributed by atoms with E-state index in [0.717, 1.165) is 25.7 Å². The zero-order valence-corrected chi connectivity index (χ0v) is 8.52. The van der Waals surface area contributed by atoms with E-state index in [1.807, 2.05) is 0 Å². The molecule has 2 saturated carbocycles. The molecule has 3 aliphatic carbocycles. The molecule has 0 aliphatic heterocycles. The maximum absolute atomic E-state index is 13.3. The van der Waals surface area contributed by atoms with Crippen molar-refractivity contribution >= 4 is 0 Å². The molecule has 0 aromatic rings. The molecule has 0 heterocycles. The molecule has 0 aromatic carbocycles. The molecule has 1 spiro atoms. The summed E-state index contributed by atoms with van der Waals surface area (Å²) in [6, 6.07) is 0. The summed E-state index contributed by atoms with van der Waals surface area (Å²) in [5.41, 5.74) is 0.850. The van der Waals surface area contributed by atoms with Crippen LogP contribution in [0.3, 0.4) is 0 Å². The van der Waals surface area contributed by atoms with E-state index in [2.05, 4.69) is 13.0 Å². The van der Waals surface area contributed by atoms with E-state index >= 15 is 0 Å². The molecule has 0 nitrogen and oxygen atoms in total. The molecule has 2 bridgehead atoms. The highest BCUT2D eigenvalue weighted by Crippen LogP contribution is 2.70. The molecule has 3 rings (SSSR count). The maximum Gasteiger partial charge on any atom is 0.254 e. The second kappa shape index (κ2) is 2.40. The zero-order chi connectivity index (χ0) is 9.97. The van der Waals surface area contributed by atoms with Crippen LogP contribution in [0.5, 0.6) is 0 Å². The van der Waals surface area contributed by atoms with Crippen LogP contribution in [-0.4, -0.2) is 5.92 Å². The van der Waals surface area contributed by atoms with Gasteiger partial charge in [-0.2, -0.15) is 0 Å². The Balaban J connectivity index is 1.86. The Hall–Kier alpha value is -0.400. The number of rotatable bonds is 0. The highest BCUT2D eigenvalue weighted by Gasteiger charge is 2.72. The Morgan fingerprint density at radius 1 is 1.36 bits per heavy atom. The van der Waals surface area contributed by atoms with Gasteiger partial charge in [-0.05, 0) is 44.4 Å². The van der Waals surface area contributed by atoms with Gasteiger partial charge in [0.1, 0.15) is 0 Å². The van der Waals surface area contributed by atoms with Gasteiger partial charge >= 0.3 is 0 Å².